The van der Waals surface area contributed by atoms with E-state index in [2.05, 4.69) is 15.6 Å². The third-order valence-corrected chi connectivity index (χ3v) is 2.02. The van der Waals surface area contributed by atoms with Crippen molar-refractivity contribution in [3.8, 4) is 0 Å². The van der Waals surface area contributed by atoms with E-state index in [1.165, 1.54) is 4.68 Å². The van der Waals surface area contributed by atoms with E-state index in [1.54, 1.807) is 6.20 Å². The zero-order valence-corrected chi connectivity index (χ0v) is 9.43. The van der Waals surface area contributed by atoms with Crippen LogP contribution in [0.3, 0.4) is 0 Å². The van der Waals surface area contributed by atoms with Crippen LogP contribution in [-0.2, 0) is 22.7 Å². The maximum absolute atomic E-state index is 11.4. The summed E-state index contributed by atoms with van der Waals surface area (Å²) in [5.74, 6) is -0.564. The van der Waals surface area contributed by atoms with Crippen molar-refractivity contribution in [1.29, 1.82) is 0 Å². The van der Waals surface area contributed by atoms with E-state index in [9.17, 15) is 9.59 Å². The summed E-state index contributed by atoms with van der Waals surface area (Å²) in [6.45, 7) is 0.796. The number of primary amides is 1. The fourth-order valence-electron chi connectivity index (χ4n) is 1.20. The molecular formula is C9H16N6O2. The molecular weight excluding hydrogens is 224 g/mol. The summed E-state index contributed by atoms with van der Waals surface area (Å²) in [5.41, 5.74) is 11.0. The highest BCUT2D eigenvalue weighted by molar-refractivity contribution is 5.76. The molecule has 5 N–H and O–H groups in total. The summed E-state index contributed by atoms with van der Waals surface area (Å²) in [7, 11) is 0. The molecule has 0 aliphatic rings. The molecule has 0 bridgehead atoms. The van der Waals surface area contributed by atoms with Crippen molar-refractivity contribution < 1.29 is 9.59 Å². The van der Waals surface area contributed by atoms with E-state index >= 15 is 0 Å². The van der Waals surface area contributed by atoms with Crippen LogP contribution in [-0.4, -0.2) is 33.4 Å². The number of nitrogens with two attached hydrogens (primary N) is 2. The predicted molar refractivity (Wildman–Crippen MR) is 59.4 cm³/mol. The predicted octanol–water partition coefficient (Wildman–Crippen LogP) is -1.88. The Kier molecular flexibility index (Phi) is 5.08. The molecule has 8 heteroatoms. The number of aromatic nitrogens is 3. The van der Waals surface area contributed by atoms with Gasteiger partial charge in [0.05, 0.1) is 11.9 Å². The molecule has 2 amide bonds. The third-order valence-electron chi connectivity index (χ3n) is 2.02. The fraction of sp³-hybridized carbons (Fsp3) is 0.556. The van der Waals surface area contributed by atoms with Crippen LogP contribution < -0.4 is 16.8 Å². The summed E-state index contributed by atoms with van der Waals surface area (Å²) >= 11 is 0. The molecule has 0 radical (unpaired) electrons. The summed E-state index contributed by atoms with van der Waals surface area (Å²) in [6.07, 6.45) is 2.41. The first-order chi connectivity index (χ1) is 8.11. The number of amides is 2. The van der Waals surface area contributed by atoms with Gasteiger partial charge in [-0.25, -0.2) is 4.68 Å². The van der Waals surface area contributed by atoms with Gasteiger partial charge in [0.25, 0.3) is 0 Å². The molecule has 8 nitrogen and oxygen atoms in total. The van der Waals surface area contributed by atoms with Gasteiger partial charge in [0.15, 0.2) is 0 Å². The lowest BCUT2D eigenvalue weighted by Crippen LogP contribution is -2.29. The number of nitrogens with zero attached hydrogens (tertiary/aromatic N) is 3. The monoisotopic (exact) mass is 240 g/mol. The molecule has 0 atom stereocenters. The maximum atomic E-state index is 11.4. The number of nitrogens with one attached hydrogen (secondary N) is 1. The third kappa shape index (κ3) is 5.07. The van der Waals surface area contributed by atoms with Crippen molar-refractivity contribution in [2.45, 2.75) is 25.9 Å². The van der Waals surface area contributed by atoms with Gasteiger partial charge in [-0.05, 0) is 6.42 Å². The summed E-state index contributed by atoms with van der Waals surface area (Å²) in [5, 5.41) is 10.1. The molecule has 0 saturated carbocycles. The second-order valence-electron chi connectivity index (χ2n) is 3.53. The largest absolute Gasteiger partial charge is 0.370 e. The van der Waals surface area contributed by atoms with E-state index in [1.807, 2.05) is 0 Å². The molecule has 94 valence electrons. The van der Waals surface area contributed by atoms with Gasteiger partial charge >= 0.3 is 0 Å². The van der Waals surface area contributed by atoms with E-state index in [-0.39, 0.29) is 24.8 Å². The van der Waals surface area contributed by atoms with E-state index in [4.69, 9.17) is 11.5 Å². The summed E-state index contributed by atoms with van der Waals surface area (Å²) < 4.78 is 1.41. The summed E-state index contributed by atoms with van der Waals surface area (Å²) in [4.78, 5) is 21.9. The Balaban J connectivity index is 2.22. The Morgan fingerprint density at radius 1 is 1.47 bits per heavy atom. The topological polar surface area (TPSA) is 129 Å². The standard InChI is InChI=1S/C9H16N6O2/c10-4-7-5-15(14-13-7)6-9(17)12-3-1-2-8(11)16/h5H,1-4,6,10H2,(H2,11,16)(H,12,17). The molecule has 1 heterocycles. The highest BCUT2D eigenvalue weighted by Gasteiger charge is 2.04. The molecule has 0 aliphatic carbocycles. The molecule has 0 spiro atoms. The van der Waals surface area contributed by atoms with Gasteiger partial charge < -0.3 is 16.8 Å². The quantitative estimate of drug-likeness (QED) is 0.480. The molecule has 0 unspecified atom stereocenters. The van der Waals surface area contributed by atoms with Crippen LogP contribution in [0.15, 0.2) is 6.20 Å². The minimum Gasteiger partial charge on any atom is -0.370 e. The van der Waals surface area contributed by atoms with Crippen LogP contribution in [0.2, 0.25) is 0 Å². The first kappa shape index (κ1) is 13.1. The molecule has 1 rings (SSSR count). The highest BCUT2D eigenvalue weighted by Crippen LogP contribution is 1.91. The Morgan fingerprint density at radius 3 is 2.82 bits per heavy atom. The Morgan fingerprint density at radius 2 is 2.24 bits per heavy atom. The van der Waals surface area contributed by atoms with Crippen molar-refractivity contribution in [2.24, 2.45) is 11.5 Å². The lowest BCUT2D eigenvalue weighted by Gasteiger charge is -2.03. The van der Waals surface area contributed by atoms with Gasteiger partial charge in [-0.1, -0.05) is 5.21 Å². The maximum Gasteiger partial charge on any atom is 0.241 e. The second-order valence-corrected chi connectivity index (χ2v) is 3.53. The lowest BCUT2D eigenvalue weighted by atomic mass is 10.3. The first-order valence-corrected chi connectivity index (χ1v) is 5.26. The molecule has 0 saturated heterocycles. The molecule has 0 aliphatic heterocycles. The molecule has 0 fully saturated rings. The van der Waals surface area contributed by atoms with Gasteiger partial charge in [-0.2, -0.15) is 0 Å². The first-order valence-electron chi connectivity index (χ1n) is 5.26. The van der Waals surface area contributed by atoms with E-state index in [0.29, 0.717) is 25.2 Å². The number of hydrogen-bond donors (Lipinski definition) is 3. The van der Waals surface area contributed by atoms with Crippen molar-refractivity contribution in [2.75, 3.05) is 6.54 Å². The lowest BCUT2D eigenvalue weighted by molar-refractivity contribution is -0.122. The number of rotatable bonds is 7. The SMILES string of the molecule is NCc1cn(CC(=O)NCCCC(N)=O)nn1. The van der Waals surface area contributed by atoms with Crippen LogP contribution in [0.5, 0.6) is 0 Å². The normalized spacial score (nSPS) is 10.2. The fourth-order valence-corrected chi connectivity index (χ4v) is 1.20. The van der Waals surface area contributed by atoms with Crippen molar-refractivity contribution >= 4 is 11.8 Å². The molecule has 1 aromatic heterocycles. The van der Waals surface area contributed by atoms with Crippen LogP contribution in [0.1, 0.15) is 18.5 Å². The Labute approximate surface area is 98.3 Å². The van der Waals surface area contributed by atoms with Gasteiger partial charge in [-0.15, -0.1) is 5.10 Å². The van der Waals surface area contributed by atoms with Crippen LogP contribution >= 0.6 is 0 Å². The highest BCUT2D eigenvalue weighted by atomic mass is 16.2. The number of hydrogen-bond acceptors (Lipinski definition) is 5. The zero-order valence-electron chi connectivity index (χ0n) is 9.43. The smallest absolute Gasteiger partial charge is 0.241 e. The molecule has 17 heavy (non-hydrogen) atoms. The average molecular weight is 240 g/mol. The van der Waals surface area contributed by atoms with Crippen molar-refractivity contribution in [1.82, 2.24) is 20.3 Å². The number of carbonyl (C=O) groups excluding carboxylic acids is 2. The number of carbonyl (C=O) groups is 2. The molecule has 0 aromatic carbocycles. The van der Waals surface area contributed by atoms with Gasteiger partial charge in [0, 0.05) is 19.5 Å². The minimum atomic E-state index is -0.372. The van der Waals surface area contributed by atoms with E-state index < -0.39 is 0 Å². The zero-order chi connectivity index (χ0) is 12.7. The van der Waals surface area contributed by atoms with Crippen molar-refractivity contribution in [3.63, 3.8) is 0 Å². The van der Waals surface area contributed by atoms with Crippen LogP contribution in [0.25, 0.3) is 0 Å². The minimum absolute atomic E-state index is 0.0869. The Bertz CT molecular complexity index is 389. The Hall–Kier alpha value is -1.96. The average Bonchev–Trinajstić information content (AvgIpc) is 2.72. The van der Waals surface area contributed by atoms with Gasteiger partial charge in [0.1, 0.15) is 6.54 Å². The van der Waals surface area contributed by atoms with Crippen LogP contribution in [0.4, 0.5) is 0 Å². The van der Waals surface area contributed by atoms with Crippen LogP contribution in [0, 0.1) is 0 Å². The molecule has 1 aromatic rings. The van der Waals surface area contributed by atoms with Gasteiger partial charge in [-0.3, -0.25) is 9.59 Å². The van der Waals surface area contributed by atoms with E-state index in [0.717, 1.165) is 0 Å². The van der Waals surface area contributed by atoms with Crippen molar-refractivity contribution in [3.05, 3.63) is 11.9 Å². The second kappa shape index (κ2) is 6.59. The van der Waals surface area contributed by atoms with Gasteiger partial charge in [0.2, 0.25) is 11.8 Å². The summed E-state index contributed by atoms with van der Waals surface area (Å²) in [6, 6.07) is 0.